The predicted octanol–water partition coefficient (Wildman–Crippen LogP) is 4.16. The van der Waals surface area contributed by atoms with Gasteiger partial charge in [-0.1, -0.05) is 131 Å². The Morgan fingerprint density at radius 3 is 2.16 bits per heavy atom. The molecule has 2 saturated heterocycles. The lowest BCUT2D eigenvalue weighted by molar-refractivity contribution is -0.934. The molecule has 13 atom stereocenters. The fourth-order valence-electron chi connectivity index (χ4n) is 18.4. The van der Waals surface area contributed by atoms with Crippen LogP contribution in [0.1, 0.15) is 119 Å². The minimum atomic E-state index is -2.40. The topological polar surface area (TPSA) is 262 Å². The highest BCUT2D eigenvalue weighted by Crippen LogP contribution is 2.68. The number of aromatic nitrogens is 1. The van der Waals surface area contributed by atoms with E-state index in [4.69, 9.17) is 28.4 Å². The molecule has 23 heteroatoms. The molecule has 3 amide bonds. The van der Waals surface area contributed by atoms with Gasteiger partial charge in [0.1, 0.15) is 55.6 Å². The van der Waals surface area contributed by atoms with E-state index in [9.17, 15) is 33.9 Å². The third-order valence-electron chi connectivity index (χ3n) is 22.7. The van der Waals surface area contributed by atoms with Crippen molar-refractivity contribution in [2.45, 2.75) is 158 Å². The van der Waals surface area contributed by atoms with Crippen molar-refractivity contribution in [1.29, 1.82) is 0 Å². The van der Waals surface area contributed by atoms with Crippen molar-refractivity contribution < 1.29 is 93.3 Å². The summed E-state index contributed by atoms with van der Waals surface area (Å²) in [6.45, 7) is 11.5. The van der Waals surface area contributed by atoms with Gasteiger partial charge in [0.25, 0.3) is 5.91 Å². The summed E-state index contributed by atoms with van der Waals surface area (Å²) in [5, 5.41) is 20.2. The normalized spacial score (nSPS) is 27.9. The third-order valence-corrected chi connectivity index (χ3v) is 22.7. The maximum atomic E-state index is 16.0. The van der Waals surface area contributed by atoms with Gasteiger partial charge in [-0.2, -0.15) is 0 Å². The molecule has 1 spiro atoms. The minimum Gasteiger partial charge on any atom is -1.00 e. The number of anilines is 1. The second-order valence-corrected chi connectivity index (χ2v) is 28.1. The molecular formula is C76H92BrN7O15. The van der Waals surface area contributed by atoms with Crippen molar-refractivity contribution in [3.63, 3.8) is 0 Å². The molecule has 22 nitrogen and oxygen atoms in total. The number of ether oxygens (including phenoxy) is 6. The summed E-state index contributed by atoms with van der Waals surface area (Å²) in [4.78, 5) is 126. The number of hydrogen-bond acceptors (Lipinski definition) is 17. The van der Waals surface area contributed by atoms with Gasteiger partial charge >= 0.3 is 29.8 Å². The van der Waals surface area contributed by atoms with Gasteiger partial charge in [0.05, 0.1) is 40.3 Å². The molecule has 1 aromatic heterocycles. The van der Waals surface area contributed by atoms with E-state index < -0.39 is 112 Å². The lowest BCUT2D eigenvalue weighted by Crippen LogP contribution is -3.00. The molecule has 0 unspecified atom stereocenters. The van der Waals surface area contributed by atoms with Crippen LogP contribution in [0.3, 0.4) is 0 Å². The number of nitrogens with one attached hydrogen (secondary N) is 3. The predicted molar refractivity (Wildman–Crippen MR) is 363 cm³/mol. The number of carbonyl (C=O) groups excluding carboxylic acids is 8. The molecule has 4 aromatic carbocycles. The van der Waals surface area contributed by atoms with Crippen LogP contribution in [0.4, 0.5) is 5.69 Å². The van der Waals surface area contributed by atoms with Crippen molar-refractivity contribution in [2.75, 3.05) is 72.5 Å². The number of benzene rings is 4. The molecular weight excluding hydrogens is 1330 g/mol. The van der Waals surface area contributed by atoms with Crippen LogP contribution in [0, 0.1) is 17.3 Å². The molecule has 2 bridgehead atoms. The molecule has 5 aromatic rings. The average molecular weight is 1420 g/mol. The Bertz CT molecular complexity index is 4000. The zero-order chi connectivity index (χ0) is 69.6. The molecule has 528 valence electrons. The first kappa shape index (κ1) is 71.9. The molecule has 0 radical (unpaired) electrons. The number of aliphatic hydroxyl groups is 1. The molecule has 4 N–H and O–H groups in total. The van der Waals surface area contributed by atoms with Crippen LogP contribution in [0.15, 0.2) is 121 Å². The molecule has 7 heterocycles. The molecule has 12 rings (SSSR count). The van der Waals surface area contributed by atoms with Crippen LogP contribution >= 0.6 is 0 Å². The van der Waals surface area contributed by atoms with Gasteiger partial charge in [-0.05, 0) is 85.4 Å². The Morgan fingerprint density at radius 2 is 1.51 bits per heavy atom. The van der Waals surface area contributed by atoms with Crippen LogP contribution in [0.5, 0.6) is 5.75 Å². The van der Waals surface area contributed by atoms with Gasteiger partial charge in [0.15, 0.2) is 12.6 Å². The number of hydrogen-bond donors (Lipinski definition) is 4. The molecule has 3 fully saturated rings. The van der Waals surface area contributed by atoms with Crippen LogP contribution in [0.25, 0.3) is 10.9 Å². The average Bonchev–Trinajstić information content (AvgIpc) is 1.50. The van der Waals surface area contributed by atoms with Crippen molar-refractivity contribution >= 4 is 64.2 Å². The lowest BCUT2D eigenvalue weighted by Gasteiger charge is -2.63. The first-order valence-corrected chi connectivity index (χ1v) is 34.5. The number of aromatic amines is 1. The Labute approximate surface area is 588 Å². The third kappa shape index (κ3) is 12.4. The number of halogens is 1. The number of para-hydroxylation sites is 1. The monoisotopic (exact) mass is 1420 g/mol. The number of nitrogens with zero attached hydrogens (tertiary/aromatic N) is 4. The molecule has 1 aliphatic carbocycles. The van der Waals surface area contributed by atoms with Crippen molar-refractivity contribution in [3.8, 4) is 5.75 Å². The highest BCUT2D eigenvalue weighted by Gasteiger charge is 2.80. The van der Waals surface area contributed by atoms with E-state index in [-0.39, 0.29) is 72.6 Å². The van der Waals surface area contributed by atoms with Gasteiger partial charge in [0, 0.05) is 89.3 Å². The highest BCUT2D eigenvalue weighted by atomic mass is 79.9. The second kappa shape index (κ2) is 28.7. The Balaban J connectivity index is 0.00000990. The van der Waals surface area contributed by atoms with Crippen LogP contribution in [-0.2, 0) is 92.6 Å². The summed E-state index contributed by atoms with van der Waals surface area (Å²) >= 11 is 0. The number of carbonyl (C=O) groups is 8. The Morgan fingerprint density at radius 1 is 0.818 bits per heavy atom. The van der Waals surface area contributed by atoms with Crippen LogP contribution in [-0.4, -0.2) is 182 Å². The number of amides is 3. The van der Waals surface area contributed by atoms with E-state index in [0.717, 1.165) is 33.2 Å². The number of esters is 5. The van der Waals surface area contributed by atoms with Crippen LogP contribution in [0.2, 0.25) is 0 Å². The van der Waals surface area contributed by atoms with E-state index in [1.54, 1.807) is 48.4 Å². The number of rotatable bonds is 22. The second-order valence-electron chi connectivity index (χ2n) is 28.1. The van der Waals surface area contributed by atoms with Gasteiger partial charge in [-0.15, -0.1) is 0 Å². The van der Waals surface area contributed by atoms with Crippen LogP contribution < -0.4 is 37.3 Å². The molecule has 7 aliphatic rings. The largest absolute Gasteiger partial charge is 1.00 e. The van der Waals surface area contributed by atoms with Gasteiger partial charge in [-0.3, -0.25) is 33.7 Å². The van der Waals surface area contributed by atoms with E-state index in [2.05, 4.69) is 39.6 Å². The number of H-pyrrole nitrogens is 1. The van der Waals surface area contributed by atoms with Gasteiger partial charge in [-0.25, -0.2) is 9.59 Å². The number of quaternary nitrogens is 1. The van der Waals surface area contributed by atoms with Crippen molar-refractivity contribution in [1.82, 2.24) is 25.4 Å². The zero-order valence-electron chi connectivity index (χ0n) is 57.9. The summed E-state index contributed by atoms with van der Waals surface area (Å²) in [5.74, 6) is -5.69. The number of likely N-dealkylation sites (N-methyl/N-ethyl adjacent to an activating group) is 1. The summed E-state index contributed by atoms with van der Waals surface area (Å²) in [7, 11) is 6.01. The lowest BCUT2D eigenvalue weighted by atomic mass is 9.47. The molecule has 6 aliphatic heterocycles. The summed E-state index contributed by atoms with van der Waals surface area (Å²) in [6.07, 6.45) is 7.37. The van der Waals surface area contributed by atoms with Crippen molar-refractivity contribution in [3.05, 3.63) is 154 Å². The first-order chi connectivity index (χ1) is 47.1. The Kier molecular flexibility index (Phi) is 20.8. The number of likely N-dealkylation sites (tertiary alicyclic amines) is 1. The summed E-state index contributed by atoms with van der Waals surface area (Å²) in [6, 6.07) is 24.9. The summed E-state index contributed by atoms with van der Waals surface area (Å²) in [5.41, 5.74) is 0.460. The maximum absolute atomic E-state index is 16.0. The molecule has 99 heavy (non-hydrogen) atoms. The van der Waals surface area contributed by atoms with Gasteiger partial charge < -0.3 is 80.4 Å². The fraction of sp³-hybridized carbons (Fsp3) is 0.500. The van der Waals surface area contributed by atoms with E-state index >= 15 is 9.59 Å². The maximum Gasteiger partial charge on any atom is 0.344 e. The minimum absolute atomic E-state index is 0. The zero-order valence-corrected chi connectivity index (χ0v) is 59.5. The molecule has 1 saturated carbocycles. The van der Waals surface area contributed by atoms with Gasteiger partial charge in [0.2, 0.25) is 17.4 Å². The highest BCUT2D eigenvalue weighted by molar-refractivity contribution is 5.97. The number of fused-ring (bicyclic) bond motifs is 6. The SMILES string of the molecule is CCC1=C[C@H]2C[C@](C(=O)OC)(c3cc4c(cc3OC)N(C)[C@H]3[C@@](O)(C(=O)OC)[C@H](OC(C)=O)[C@]5(CC)C=CCN6CC[C@]43[C@@H]65)c3[nH]c4ccccc4c3C[N@@+](CC(=O)N3CCC[C@H]3C(=O)N[C@H](C(=O)N[C@@H](CC(=O)OCc3ccccc3)C(=O)OCc3ccccc3)[C@@H](C)CC)(C1)C2.[Br-]. The van der Waals surface area contributed by atoms with E-state index in [1.807, 2.05) is 99.5 Å². The standard InChI is InChI=1S/C76H91N7O15.BrH/c1-10-46(4)63(66(88)78-57(67(89)97-45-50-25-17-14-18-26-50)37-62(86)96-44-49-23-15-13-16-24-49)79-65(87)58-29-21-33-82(58)61(85)43-83-40-48(11-2)35-51(41-83)39-75(71(90)94-8,64-53(42-83)52-27-19-20-28-56(52)77-64)55-36-54-59(38-60(55)93-7)80(6)69-74(54)31-34-81-32-22-30-73(12-3,68(74)81)70(98-47(5)84)76(69,92)72(91)95-9;/h13-20,22-28,30,35-36,38,46,51,57-58,63,68-70,77,92H,10-12,21,29,31-34,37,39-45H2,1-9H3,(H-,78,79,87,88);1H/t46-,51-,57-,58-,63-,68-,69+,70+,73+,74+,75-,76-,83+;/m0./s1. The summed E-state index contributed by atoms with van der Waals surface area (Å²) < 4.78 is 35.9. The first-order valence-electron chi connectivity index (χ1n) is 34.5. The fourth-order valence-corrected chi connectivity index (χ4v) is 18.4. The van der Waals surface area contributed by atoms with Crippen molar-refractivity contribution in [2.24, 2.45) is 17.3 Å². The quantitative estimate of drug-likeness (QED) is 0.0328. The number of methoxy groups -OCH3 is 3. The Hall–Kier alpha value is -8.38. The smallest absolute Gasteiger partial charge is 0.344 e. The van der Waals surface area contributed by atoms with E-state index in [0.29, 0.717) is 93.0 Å². The van der Waals surface area contributed by atoms with E-state index in [1.165, 1.54) is 21.1 Å².